The van der Waals surface area contributed by atoms with E-state index in [0.29, 0.717) is 56.0 Å². The molecule has 2 heterocycles. The first-order valence-corrected chi connectivity index (χ1v) is 14.4. The van der Waals surface area contributed by atoms with Crippen molar-refractivity contribution in [3.63, 3.8) is 0 Å². The minimum Gasteiger partial charge on any atom is -0.481 e. The van der Waals surface area contributed by atoms with Crippen LogP contribution in [0, 0.1) is 11.3 Å². The third-order valence-electron chi connectivity index (χ3n) is 6.28. The maximum absolute atomic E-state index is 14.2. The molecule has 5 aromatic rings. The number of nitrogens with zero attached hydrogens (tertiary/aromatic N) is 2. The Morgan fingerprint density at radius 3 is 2.53 bits per heavy atom. The van der Waals surface area contributed by atoms with Crippen LogP contribution in [0.5, 0.6) is 0 Å². The molecule has 0 aliphatic rings. The lowest BCUT2D eigenvalue weighted by Crippen LogP contribution is -2.14. The number of benzene rings is 3. The lowest BCUT2D eigenvalue weighted by Gasteiger charge is -2.15. The van der Waals surface area contributed by atoms with Gasteiger partial charge in [0.15, 0.2) is 0 Å². The zero-order chi connectivity index (χ0) is 26.9. The fourth-order valence-corrected chi connectivity index (χ4v) is 6.98. The van der Waals surface area contributed by atoms with Crippen LogP contribution in [0.3, 0.4) is 0 Å². The van der Waals surface area contributed by atoms with E-state index in [0.717, 1.165) is 5.56 Å². The molecule has 1 N–H and O–H groups in total. The molecule has 0 amide bonds. The van der Waals surface area contributed by atoms with Crippen LogP contribution in [0.1, 0.15) is 23.3 Å². The fourth-order valence-electron chi connectivity index (χ4n) is 4.62. The largest absolute Gasteiger partial charge is 0.481 e. The second-order valence-corrected chi connectivity index (χ2v) is 11.8. The molecule has 0 spiro atoms. The van der Waals surface area contributed by atoms with Crippen molar-refractivity contribution < 1.29 is 18.3 Å². The number of halogens is 1. The van der Waals surface area contributed by atoms with Crippen LogP contribution in [0.15, 0.2) is 89.1 Å². The number of fused-ring (bicyclic) bond motifs is 1. The number of para-hydroxylation sites is 1. The number of thiophene rings is 1. The van der Waals surface area contributed by atoms with Gasteiger partial charge in [0, 0.05) is 33.5 Å². The summed E-state index contributed by atoms with van der Waals surface area (Å²) in [7, 11) is -4.09. The first kappa shape index (κ1) is 25.7. The van der Waals surface area contributed by atoms with Crippen molar-refractivity contribution in [3.8, 4) is 28.5 Å². The average molecular weight is 561 g/mol. The lowest BCUT2D eigenvalue weighted by atomic mass is 9.97. The van der Waals surface area contributed by atoms with Gasteiger partial charge in [-0.25, -0.2) is 12.4 Å². The van der Waals surface area contributed by atoms with Gasteiger partial charge in [0.2, 0.25) is 0 Å². The normalized spacial score (nSPS) is 11.5. The van der Waals surface area contributed by atoms with E-state index in [1.165, 1.54) is 39.6 Å². The zero-order valence-electron chi connectivity index (χ0n) is 20.0. The van der Waals surface area contributed by atoms with Crippen molar-refractivity contribution >= 4 is 49.8 Å². The van der Waals surface area contributed by atoms with Gasteiger partial charge in [-0.2, -0.15) is 5.26 Å². The molecule has 0 unspecified atom stereocenters. The number of aliphatic carboxylic acids is 1. The Morgan fingerprint density at radius 1 is 1.03 bits per heavy atom. The Morgan fingerprint density at radius 2 is 1.79 bits per heavy atom. The molecule has 0 aliphatic heterocycles. The van der Waals surface area contributed by atoms with Gasteiger partial charge in [-0.1, -0.05) is 48.0 Å². The van der Waals surface area contributed by atoms with E-state index >= 15 is 0 Å². The second-order valence-electron chi connectivity index (χ2n) is 8.69. The number of aromatic nitrogens is 1. The quantitative estimate of drug-likeness (QED) is 0.216. The van der Waals surface area contributed by atoms with E-state index in [2.05, 4.69) is 6.07 Å². The monoisotopic (exact) mass is 560 g/mol. The number of rotatable bonds is 8. The van der Waals surface area contributed by atoms with Crippen LogP contribution >= 0.6 is 22.9 Å². The molecule has 0 radical (unpaired) electrons. The van der Waals surface area contributed by atoms with Crippen molar-refractivity contribution in [2.45, 2.75) is 24.2 Å². The maximum atomic E-state index is 14.2. The summed E-state index contributed by atoms with van der Waals surface area (Å²) in [6.07, 6.45) is 1.03. The molecule has 38 heavy (non-hydrogen) atoms. The average Bonchev–Trinajstić information content (AvgIpc) is 3.51. The molecular formula is C29H21ClN2O4S2. The van der Waals surface area contributed by atoms with Crippen LogP contribution in [-0.2, 0) is 21.2 Å². The third-order valence-corrected chi connectivity index (χ3v) is 9.08. The number of carbonyl (C=O) groups is 1. The SMILES string of the molecule is N#Cc1sccc1-c1c(-c2cccc(CCCC(=O)O)c2)n(S(=O)(=O)c2ccc(Cl)cc2)c2ccccc12. The van der Waals surface area contributed by atoms with Crippen molar-refractivity contribution in [3.05, 3.63) is 99.7 Å². The summed E-state index contributed by atoms with van der Waals surface area (Å²) in [6.45, 7) is 0. The van der Waals surface area contributed by atoms with E-state index in [9.17, 15) is 18.5 Å². The molecule has 0 atom stereocenters. The topological polar surface area (TPSA) is 100 Å². The summed E-state index contributed by atoms with van der Waals surface area (Å²) in [6, 6.07) is 24.8. The van der Waals surface area contributed by atoms with Crippen LogP contribution in [0.2, 0.25) is 5.02 Å². The summed E-state index contributed by atoms with van der Waals surface area (Å²) in [5.74, 6) is -0.862. The van der Waals surface area contributed by atoms with Crippen molar-refractivity contribution in [1.82, 2.24) is 3.97 Å². The summed E-state index contributed by atoms with van der Waals surface area (Å²) in [5.41, 5.74) is 3.77. The van der Waals surface area contributed by atoms with Crippen molar-refractivity contribution in [1.29, 1.82) is 5.26 Å². The molecule has 3 aromatic carbocycles. The fraction of sp³-hybridized carbons (Fsp3) is 0.103. The van der Waals surface area contributed by atoms with E-state index in [-0.39, 0.29) is 11.3 Å². The third kappa shape index (κ3) is 4.72. The van der Waals surface area contributed by atoms with E-state index in [1.807, 2.05) is 47.8 Å². The Hall–Kier alpha value is -3.90. The second kappa shape index (κ2) is 10.5. The summed E-state index contributed by atoms with van der Waals surface area (Å²) < 4.78 is 29.8. The molecule has 0 saturated heterocycles. The molecule has 0 saturated carbocycles. The van der Waals surface area contributed by atoms with Crippen LogP contribution in [0.4, 0.5) is 0 Å². The molecule has 0 aliphatic carbocycles. The van der Waals surface area contributed by atoms with E-state index in [1.54, 1.807) is 12.1 Å². The van der Waals surface area contributed by atoms with Crippen molar-refractivity contribution in [2.75, 3.05) is 0 Å². The predicted molar refractivity (Wildman–Crippen MR) is 150 cm³/mol. The summed E-state index contributed by atoms with van der Waals surface area (Å²) >= 11 is 7.34. The number of carboxylic acid groups (broad SMARTS) is 1. The van der Waals surface area contributed by atoms with Gasteiger partial charge in [0.25, 0.3) is 10.0 Å². The maximum Gasteiger partial charge on any atom is 0.303 e. The Labute approximate surface area is 229 Å². The standard InChI is InChI=1S/C29H21ClN2O4S2/c30-21-11-13-22(14-12-21)38(35,36)32-25-9-2-1-8-23(25)28(24-15-16-37-26(24)18-31)29(32)20-7-3-5-19(17-20)6-4-10-27(33)34/h1-3,5,7-9,11-17H,4,6,10H2,(H,33,34). The first-order valence-electron chi connectivity index (χ1n) is 11.7. The minimum atomic E-state index is -4.09. The highest BCUT2D eigenvalue weighted by atomic mass is 35.5. The number of hydrogen-bond donors (Lipinski definition) is 1. The summed E-state index contributed by atoms with van der Waals surface area (Å²) in [5, 5.41) is 21.8. The number of carboxylic acids is 1. The molecule has 190 valence electrons. The van der Waals surface area contributed by atoms with Crippen LogP contribution in [-0.4, -0.2) is 23.5 Å². The number of hydrogen-bond acceptors (Lipinski definition) is 5. The molecule has 0 bridgehead atoms. The molecule has 0 fully saturated rings. The Balaban J connectivity index is 1.84. The van der Waals surface area contributed by atoms with E-state index < -0.39 is 16.0 Å². The molecular weight excluding hydrogens is 540 g/mol. The van der Waals surface area contributed by atoms with E-state index in [4.69, 9.17) is 16.7 Å². The smallest absolute Gasteiger partial charge is 0.303 e. The molecule has 6 nitrogen and oxygen atoms in total. The van der Waals surface area contributed by atoms with Crippen LogP contribution < -0.4 is 0 Å². The van der Waals surface area contributed by atoms with Gasteiger partial charge in [-0.05, 0) is 66.2 Å². The van der Waals surface area contributed by atoms with Gasteiger partial charge < -0.3 is 5.11 Å². The minimum absolute atomic E-state index is 0.0428. The zero-order valence-corrected chi connectivity index (χ0v) is 22.4. The lowest BCUT2D eigenvalue weighted by molar-refractivity contribution is -0.137. The van der Waals surface area contributed by atoms with Gasteiger partial charge >= 0.3 is 5.97 Å². The van der Waals surface area contributed by atoms with Gasteiger partial charge in [-0.3, -0.25) is 4.79 Å². The Bertz CT molecular complexity index is 1810. The molecule has 2 aromatic heterocycles. The number of nitriles is 1. The highest BCUT2D eigenvalue weighted by Gasteiger charge is 2.29. The molecule has 9 heteroatoms. The highest BCUT2D eigenvalue weighted by molar-refractivity contribution is 7.90. The summed E-state index contributed by atoms with van der Waals surface area (Å²) in [4.78, 5) is 11.6. The Kier molecular flexibility index (Phi) is 7.09. The van der Waals surface area contributed by atoms with Gasteiger partial charge in [0.1, 0.15) is 10.9 Å². The number of aryl methyl sites for hydroxylation is 1. The van der Waals surface area contributed by atoms with Crippen LogP contribution in [0.25, 0.3) is 33.3 Å². The molecule has 5 rings (SSSR count). The highest BCUT2D eigenvalue weighted by Crippen LogP contribution is 2.45. The van der Waals surface area contributed by atoms with Crippen molar-refractivity contribution in [2.24, 2.45) is 0 Å². The predicted octanol–water partition coefficient (Wildman–Crippen LogP) is 7.21. The first-order chi connectivity index (χ1) is 18.3. The van der Waals surface area contributed by atoms with Gasteiger partial charge in [-0.15, -0.1) is 11.3 Å². The van der Waals surface area contributed by atoms with Gasteiger partial charge in [0.05, 0.1) is 16.1 Å².